The van der Waals surface area contributed by atoms with Crippen LogP contribution in [0, 0.1) is 20.8 Å². The lowest BCUT2D eigenvalue weighted by Gasteiger charge is -2.14. The molecule has 0 saturated heterocycles. The van der Waals surface area contributed by atoms with Crippen molar-refractivity contribution in [3.63, 3.8) is 0 Å². The predicted octanol–water partition coefficient (Wildman–Crippen LogP) is 5.91. The fourth-order valence-electron chi connectivity index (χ4n) is 3.44. The van der Waals surface area contributed by atoms with Crippen molar-refractivity contribution in [2.24, 2.45) is 0 Å². The van der Waals surface area contributed by atoms with E-state index in [1.54, 1.807) is 12.1 Å². The third-order valence-electron chi connectivity index (χ3n) is 5.04. The molecule has 3 aromatic carbocycles. The van der Waals surface area contributed by atoms with Crippen LogP contribution in [-0.4, -0.2) is 20.9 Å². The van der Waals surface area contributed by atoms with E-state index in [2.05, 4.69) is 23.5 Å². The standard InChI is InChI=1S/C25H23N3O2/c1-16-10-12-20(25(29)30)22(13-16)26-24-15-21(19-7-5-4-6-8-19)27-28(24)23-14-17(2)9-11-18(23)3/h4-15,26H,1-3H3,(H,29,30). The minimum atomic E-state index is -0.974. The molecular weight excluding hydrogens is 374 g/mol. The normalized spacial score (nSPS) is 10.8. The maximum Gasteiger partial charge on any atom is 0.337 e. The van der Waals surface area contributed by atoms with E-state index in [0.29, 0.717) is 11.5 Å². The number of aromatic carboxylic acids is 1. The predicted molar refractivity (Wildman–Crippen MR) is 120 cm³/mol. The number of hydrogen-bond acceptors (Lipinski definition) is 3. The van der Waals surface area contributed by atoms with Gasteiger partial charge in [-0.15, -0.1) is 0 Å². The number of benzene rings is 3. The zero-order chi connectivity index (χ0) is 21.3. The fraction of sp³-hybridized carbons (Fsp3) is 0.120. The van der Waals surface area contributed by atoms with E-state index >= 15 is 0 Å². The van der Waals surface area contributed by atoms with Gasteiger partial charge >= 0.3 is 5.97 Å². The zero-order valence-electron chi connectivity index (χ0n) is 17.2. The zero-order valence-corrected chi connectivity index (χ0v) is 17.2. The maximum absolute atomic E-state index is 11.7. The molecule has 0 saturated carbocycles. The van der Waals surface area contributed by atoms with E-state index in [9.17, 15) is 9.90 Å². The molecule has 150 valence electrons. The van der Waals surface area contributed by atoms with Gasteiger partial charge in [0, 0.05) is 11.6 Å². The van der Waals surface area contributed by atoms with E-state index in [0.717, 1.165) is 33.6 Å². The Morgan fingerprint density at radius 3 is 2.33 bits per heavy atom. The SMILES string of the molecule is Cc1ccc(C(=O)O)c(Nc2cc(-c3ccccc3)nn2-c2cc(C)ccc2C)c1. The van der Waals surface area contributed by atoms with Crippen LogP contribution in [0.25, 0.3) is 16.9 Å². The number of aryl methyl sites for hydroxylation is 3. The fourth-order valence-corrected chi connectivity index (χ4v) is 3.44. The molecule has 5 nitrogen and oxygen atoms in total. The van der Waals surface area contributed by atoms with Crippen molar-refractivity contribution < 1.29 is 9.90 Å². The molecule has 0 radical (unpaired) electrons. The Bertz CT molecular complexity index is 1230. The molecule has 5 heteroatoms. The average Bonchev–Trinajstić information content (AvgIpc) is 3.14. The van der Waals surface area contributed by atoms with Crippen LogP contribution >= 0.6 is 0 Å². The molecule has 30 heavy (non-hydrogen) atoms. The summed E-state index contributed by atoms with van der Waals surface area (Å²) < 4.78 is 1.85. The molecule has 1 heterocycles. The first-order valence-electron chi connectivity index (χ1n) is 9.76. The highest BCUT2D eigenvalue weighted by atomic mass is 16.4. The van der Waals surface area contributed by atoms with Gasteiger partial charge in [-0.05, 0) is 55.7 Å². The Morgan fingerprint density at radius 1 is 0.900 bits per heavy atom. The molecule has 0 aliphatic rings. The number of nitrogens with one attached hydrogen (secondary N) is 1. The Hall–Kier alpha value is -3.86. The molecule has 4 aromatic rings. The quantitative estimate of drug-likeness (QED) is 0.439. The van der Waals surface area contributed by atoms with Gasteiger partial charge in [0.25, 0.3) is 0 Å². The first-order chi connectivity index (χ1) is 14.4. The van der Waals surface area contributed by atoms with E-state index < -0.39 is 5.97 Å². The minimum absolute atomic E-state index is 0.218. The summed E-state index contributed by atoms with van der Waals surface area (Å²) in [4.78, 5) is 11.7. The summed E-state index contributed by atoms with van der Waals surface area (Å²) in [5.74, 6) is -0.269. The third kappa shape index (κ3) is 3.82. The number of hydrogen-bond donors (Lipinski definition) is 2. The van der Waals surface area contributed by atoms with E-state index in [-0.39, 0.29) is 5.56 Å². The summed E-state index contributed by atoms with van der Waals surface area (Å²) in [7, 11) is 0. The van der Waals surface area contributed by atoms with Crippen LogP contribution in [0.4, 0.5) is 11.5 Å². The van der Waals surface area contributed by atoms with Crippen LogP contribution in [0.1, 0.15) is 27.0 Å². The van der Waals surface area contributed by atoms with Gasteiger partial charge in [0.1, 0.15) is 5.82 Å². The highest BCUT2D eigenvalue weighted by Crippen LogP contribution is 2.30. The van der Waals surface area contributed by atoms with Crippen molar-refractivity contribution in [1.82, 2.24) is 9.78 Å². The number of anilines is 2. The monoisotopic (exact) mass is 397 g/mol. The van der Waals surface area contributed by atoms with Crippen molar-refractivity contribution in [3.05, 3.63) is 95.1 Å². The molecule has 2 N–H and O–H groups in total. The molecule has 0 amide bonds. The van der Waals surface area contributed by atoms with Gasteiger partial charge in [-0.25, -0.2) is 9.48 Å². The van der Waals surface area contributed by atoms with E-state index in [1.165, 1.54) is 0 Å². The number of carbonyl (C=O) groups is 1. The lowest BCUT2D eigenvalue weighted by atomic mass is 10.1. The summed E-state index contributed by atoms with van der Waals surface area (Å²) in [6.45, 7) is 6.02. The van der Waals surface area contributed by atoms with Crippen molar-refractivity contribution in [1.29, 1.82) is 0 Å². The van der Waals surface area contributed by atoms with Crippen LogP contribution in [0.15, 0.2) is 72.8 Å². The summed E-state index contributed by atoms with van der Waals surface area (Å²) in [5.41, 5.74) is 6.68. The summed E-state index contributed by atoms with van der Waals surface area (Å²) >= 11 is 0. The van der Waals surface area contributed by atoms with Gasteiger partial charge in [-0.1, -0.05) is 48.5 Å². The maximum atomic E-state index is 11.7. The largest absolute Gasteiger partial charge is 0.478 e. The molecule has 4 rings (SSSR count). The second-order valence-electron chi connectivity index (χ2n) is 7.46. The summed E-state index contributed by atoms with van der Waals surface area (Å²) in [6, 6.07) is 23.4. The van der Waals surface area contributed by atoms with Crippen molar-refractivity contribution in [2.45, 2.75) is 20.8 Å². The van der Waals surface area contributed by atoms with Crippen molar-refractivity contribution in [2.75, 3.05) is 5.32 Å². The van der Waals surface area contributed by atoms with Gasteiger partial charge in [0.05, 0.1) is 22.6 Å². The van der Waals surface area contributed by atoms with Gasteiger partial charge in [-0.3, -0.25) is 0 Å². The number of carboxylic acid groups (broad SMARTS) is 1. The van der Waals surface area contributed by atoms with Crippen molar-refractivity contribution in [3.8, 4) is 16.9 Å². The van der Waals surface area contributed by atoms with Gasteiger partial charge in [0.15, 0.2) is 0 Å². The Balaban J connectivity index is 1.89. The van der Waals surface area contributed by atoms with Gasteiger partial charge in [-0.2, -0.15) is 5.10 Å². The second kappa shape index (κ2) is 7.87. The number of carboxylic acids is 1. The molecule has 0 aliphatic heterocycles. The van der Waals surface area contributed by atoms with Crippen LogP contribution < -0.4 is 5.32 Å². The number of rotatable bonds is 5. The van der Waals surface area contributed by atoms with E-state index in [1.807, 2.05) is 67.9 Å². The molecule has 0 atom stereocenters. The highest BCUT2D eigenvalue weighted by Gasteiger charge is 2.16. The number of aromatic nitrogens is 2. The van der Waals surface area contributed by atoms with Crippen LogP contribution in [0.3, 0.4) is 0 Å². The average molecular weight is 397 g/mol. The first kappa shape index (κ1) is 19.5. The molecule has 0 spiro atoms. The van der Waals surface area contributed by atoms with Crippen LogP contribution in [0.2, 0.25) is 0 Å². The number of nitrogens with zero attached hydrogens (tertiary/aromatic N) is 2. The minimum Gasteiger partial charge on any atom is -0.478 e. The third-order valence-corrected chi connectivity index (χ3v) is 5.04. The molecule has 0 aliphatic carbocycles. The lowest BCUT2D eigenvalue weighted by Crippen LogP contribution is -2.08. The second-order valence-corrected chi connectivity index (χ2v) is 7.46. The van der Waals surface area contributed by atoms with Crippen LogP contribution in [-0.2, 0) is 0 Å². The first-order valence-corrected chi connectivity index (χ1v) is 9.76. The summed E-state index contributed by atoms with van der Waals surface area (Å²) in [5, 5.41) is 17.8. The van der Waals surface area contributed by atoms with Gasteiger partial charge < -0.3 is 10.4 Å². The van der Waals surface area contributed by atoms with E-state index in [4.69, 9.17) is 5.10 Å². The van der Waals surface area contributed by atoms with Gasteiger partial charge in [0.2, 0.25) is 0 Å². The molecule has 0 unspecified atom stereocenters. The van der Waals surface area contributed by atoms with Crippen LogP contribution in [0.5, 0.6) is 0 Å². The topological polar surface area (TPSA) is 67.2 Å². The molecular formula is C25H23N3O2. The van der Waals surface area contributed by atoms with Crippen molar-refractivity contribution >= 4 is 17.5 Å². The Morgan fingerprint density at radius 2 is 1.60 bits per heavy atom. The Labute approximate surface area is 175 Å². The smallest absolute Gasteiger partial charge is 0.337 e. The molecule has 1 aromatic heterocycles. The molecule has 0 fully saturated rings. The lowest BCUT2D eigenvalue weighted by molar-refractivity contribution is 0.0698. The summed E-state index contributed by atoms with van der Waals surface area (Å²) in [6.07, 6.45) is 0. The Kier molecular flexibility index (Phi) is 5.11. The molecule has 0 bridgehead atoms. The highest BCUT2D eigenvalue weighted by molar-refractivity contribution is 5.95.